The van der Waals surface area contributed by atoms with Gasteiger partial charge in [0.05, 0.1) is 11.7 Å². The second-order valence-corrected chi connectivity index (χ2v) is 5.13. The first-order chi connectivity index (χ1) is 8.66. The molecule has 0 spiro atoms. The molecule has 0 saturated carbocycles. The molecule has 0 bridgehead atoms. The van der Waals surface area contributed by atoms with Crippen LogP contribution in [0.15, 0.2) is 24.5 Å². The molecule has 3 heterocycles. The second-order valence-electron chi connectivity index (χ2n) is 5.13. The van der Waals surface area contributed by atoms with Crippen LogP contribution in [0.4, 0.5) is 5.82 Å². The van der Waals surface area contributed by atoms with Gasteiger partial charge >= 0.3 is 0 Å². The van der Waals surface area contributed by atoms with Gasteiger partial charge in [0.25, 0.3) is 0 Å². The minimum absolute atomic E-state index is 0.450. The molecule has 4 nitrogen and oxygen atoms in total. The first kappa shape index (κ1) is 11.3. The van der Waals surface area contributed by atoms with Gasteiger partial charge in [-0.2, -0.15) is 5.10 Å². The number of nitrogens with one attached hydrogen (secondary N) is 1. The van der Waals surface area contributed by atoms with Crippen molar-refractivity contribution in [2.24, 2.45) is 0 Å². The molecular weight excluding hydrogens is 224 g/mol. The first-order valence-corrected chi connectivity index (χ1v) is 6.43. The molecule has 4 heteroatoms. The van der Waals surface area contributed by atoms with Crippen molar-refractivity contribution in [3.63, 3.8) is 0 Å². The van der Waals surface area contributed by atoms with Crippen LogP contribution >= 0.6 is 0 Å². The standard InChI is InChI=1S/C14H18N4/c1-9-8-10(2)18-14(16-9)11(3)13(17-18)12-4-6-15-7-5-12/h4-7,9-10,16H,8H2,1-3H3. The number of aromatic nitrogens is 3. The Morgan fingerprint density at radius 2 is 2.00 bits per heavy atom. The summed E-state index contributed by atoms with van der Waals surface area (Å²) in [7, 11) is 0. The number of nitrogens with zero attached hydrogens (tertiary/aromatic N) is 3. The third-order valence-electron chi connectivity index (χ3n) is 3.60. The van der Waals surface area contributed by atoms with Crippen molar-refractivity contribution in [1.82, 2.24) is 14.8 Å². The van der Waals surface area contributed by atoms with Crippen LogP contribution in [0.5, 0.6) is 0 Å². The number of rotatable bonds is 1. The predicted molar refractivity (Wildman–Crippen MR) is 72.6 cm³/mol. The van der Waals surface area contributed by atoms with Gasteiger partial charge in [0.1, 0.15) is 5.82 Å². The fourth-order valence-electron chi connectivity index (χ4n) is 2.70. The summed E-state index contributed by atoms with van der Waals surface area (Å²) in [5, 5.41) is 8.30. The third-order valence-corrected chi connectivity index (χ3v) is 3.60. The Balaban J connectivity index is 2.12. The monoisotopic (exact) mass is 242 g/mol. The normalized spacial score (nSPS) is 22.4. The molecule has 94 valence electrons. The van der Waals surface area contributed by atoms with E-state index in [2.05, 4.69) is 35.8 Å². The Morgan fingerprint density at radius 1 is 1.28 bits per heavy atom. The van der Waals surface area contributed by atoms with Crippen LogP contribution in [0.2, 0.25) is 0 Å². The van der Waals surface area contributed by atoms with E-state index < -0.39 is 0 Å². The fourth-order valence-corrected chi connectivity index (χ4v) is 2.70. The molecule has 0 aliphatic carbocycles. The molecule has 2 aromatic heterocycles. The van der Waals surface area contributed by atoms with Crippen LogP contribution in [0.25, 0.3) is 11.3 Å². The number of hydrogen-bond donors (Lipinski definition) is 1. The molecule has 2 atom stereocenters. The van der Waals surface area contributed by atoms with E-state index in [0.717, 1.165) is 23.5 Å². The number of fused-ring (bicyclic) bond motifs is 1. The van der Waals surface area contributed by atoms with Crippen LogP contribution in [0, 0.1) is 6.92 Å². The van der Waals surface area contributed by atoms with Crippen molar-refractivity contribution in [3.05, 3.63) is 30.1 Å². The van der Waals surface area contributed by atoms with Gasteiger partial charge in [-0.05, 0) is 39.3 Å². The molecule has 1 aliphatic heterocycles. The van der Waals surface area contributed by atoms with Gasteiger partial charge in [0.2, 0.25) is 0 Å². The summed E-state index contributed by atoms with van der Waals surface area (Å²) in [6, 6.07) is 4.98. The Hall–Kier alpha value is -1.84. The summed E-state index contributed by atoms with van der Waals surface area (Å²) in [5.41, 5.74) is 3.41. The smallest absolute Gasteiger partial charge is 0.128 e. The summed E-state index contributed by atoms with van der Waals surface area (Å²) in [6.45, 7) is 6.58. The van der Waals surface area contributed by atoms with Crippen LogP contribution in [0.1, 0.15) is 31.9 Å². The maximum absolute atomic E-state index is 4.76. The summed E-state index contributed by atoms with van der Waals surface area (Å²) >= 11 is 0. The summed E-state index contributed by atoms with van der Waals surface area (Å²) in [4.78, 5) is 4.06. The van der Waals surface area contributed by atoms with Crippen molar-refractivity contribution in [2.45, 2.75) is 39.3 Å². The molecule has 0 saturated heterocycles. The van der Waals surface area contributed by atoms with E-state index in [4.69, 9.17) is 5.10 Å². The number of anilines is 1. The molecule has 2 unspecified atom stereocenters. The fraction of sp³-hybridized carbons (Fsp3) is 0.429. The Morgan fingerprint density at radius 3 is 2.72 bits per heavy atom. The summed E-state index contributed by atoms with van der Waals surface area (Å²) in [6.07, 6.45) is 4.74. The van der Waals surface area contributed by atoms with E-state index in [-0.39, 0.29) is 0 Å². The van der Waals surface area contributed by atoms with E-state index in [1.54, 1.807) is 0 Å². The van der Waals surface area contributed by atoms with E-state index in [1.165, 1.54) is 5.56 Å². The maximum atomic E-state index is 4.76. The zero-order valence-electron chi connectivity index (χ0n) is 11.0. The van der Waals surface area contributed by atoms with Gasteiger partial charge in [-0.3, -0.25) is 4.98 Å². The van der Waals surface area contributed by atoms with E-state index in [0.29, 0.717) is 12.1 Å². The first-order valence-electron chi connectivity index (χ1n) is 6.43. The highest BCUT2D eigenvalue weighted by Gasteiger charge is 2.25. The van der Waals surface area contributed by atoms with Gasteiger partial charge in [-0.15, -0.1) is 0 Å². The van der Waals surface area contributed by atoms with Crippen molar-refractivity contribution >= 4 is 5.82 Å². The van der Waals surface area contributed by atoms with E-state index in [9.17, 15) is 0 Å². The van der Waals surface area contributed by atoms with Gasteiger partial charge < -0.3 is 5.32 Å². The zero-order valence-corrected chi connectivity index (χ0v) is 11.0. The molecule has 0 amide bonds. The van der Waals surface area contributed by atoms with Crippen LogP contribution in [0.3, 0.4) is 0 Å². The molecular formula is C14H18N4. The van der Waals surface area contributed by atoms with Gasteiger partial charge in [-0.1, -0.05) is 0 Å². The molecule has 3 rings (SSSR count). The van der Waals surface area contributed by atoms with Crippen molar-refractivity contribution < 1.29 is 0 Å². The van der Waals surface area contributed by atoms with Crippen LogP contribution in [-0.4, -0.2) is 20.8 Å². The largest absolute Gasteiger partial charge is 0.367 e. The molecule has 0 fully saturated rings. The summed E-state index contributed by atoms with van der Waals surface area (Å²) < 4.78 is 2.12. The molecule has 1 N–H and O–H groups in total. The maximum Gasteiger partial charge on any atom is 0.128 e. The highest BCUT2D eigenvalue weighted by Crippen LogP contribution is 2.34. The SMILES string of the molecule is Cc1c(-c2ccncc2)nn2c1NC(C)CC2C. The average Bonchev–Trinajstić information content (AvgIpc) is 2.69. The topological polar surface area (TPSA) is 42.7 Å². The lowest BCUT2D eigenvalue weighted by Crippen LogP contribution is -2.29. The second kappa shape index (κ2) is 4.12. The van der Waals surface area contributed by atoms with Crippen LogP contribution < -0.4 is 5.32 Å². The Bertz CT molecular complexity index is 559. The van der Waals surface area contributed by atoms with E-state index >= 15 is 0 Å². The Kier molecular flexibility index (Phi) is 2.58. The van der Waals surface area contributed by atoms with Crippen molar-refractivity contribution in [2.75, 3.05) is 5.32 Å². The predicted octanol–water partition coefficient (Wildman–Crippen LogP) is 3.02. The molecule has 0 radical (unpaired) electrons. The number of pyridine rings is 1. The lowest BCUT2D eigenvalue weighted by molar-refractivity contribution is 0.414. The van der Waals surface area contributed by atoms with Gasteiger partial charge in [0.15, 0.2) is 0 Å². The lowest BCUT2D eigenvalue weighted by atomic mass is 10.1. The zero-order chi connectivity index (χ0) is 12.7. The highest BCUT2D eigenvalue weighted by atomic mass is 15.4. The molecule has 0 aromatic carbocycles. The molecule has 18 heavy (non-hydrogen) atoms. The minimum atomic E-state index is 0.450. The third kappa shape index (κ3) is 1.68. The van der Waals surface area contributed by atoms with Crippen LogP contribution in [-0.2, 0) is 0 Å². The van der Waals surface area contributed by atoms with E-state index in [1.807, 2.05) is 24.5 Å². The van der Waals surface area contributed by atoms with Crippen molar-refractivity contribution in [3.8, 4) is 11.3 Å². The molecule has 2 aromatic rings. The number of hydrogen-bond acceptors (Lipinski definition) is 3. The average molecular weight is 242 g/mol. The minimum Gasteiger partial charge on any atom is -0.367 e. The van der Waals surface area contributed by atoms with Gasteiger partial charge in [0, 0.05) is 29.6 Å². The molecule has 1 aliphatic rings. The van der Waals surface area contributed by atoms with Gasteiger partial charge in [-0.25, -0.2) is 4.68 Å². The highest BCUT2D eigenvalue weighted by molar-refractivity contribution is 5.69. The van der Waals surface area contributed by atoms with Crippen molar-refractivity contribution in [1.29, 1.82) is 0 Å². The summed E-state index contributed by atoms with van der Waals surface area (Å²) in [5.74, 6) is 1.16. The lowest BCUT2D eigenvalue weighted by Gasteiger charge is -2.28. The quantitative estimate of drug-likeness (QED) is 0.836. The Labute approximate surface area is 107 Å².